The molecule has 1 atom stereocenters. The SMILES string of the molecule is CN=C(NCCCn1cccn1)NCC1CCCCN1C(=O)OC(C)(C)C.I. The van der Waals surface area contributed by atoms with Gasteiger partial charge in [-0.25, -0.2) is 4.79 Å². The second kappa shape index (κ2) is 12.1. The molecule has 1 aliphatic rings. The summed E-state index contributed by atoms with van der Waals surface area (Å²) < 4.78 is 7.48. The van der Waals surface area contributed by atoms with Crippen molar-refractivity contribution in [2.75, 3.05) is 26.7 Å². The summed E-state index contributed by atoms with van der Waals surface area (Å²) in [6, 6.07) is 2.05. The van der Waals surface area contributed by atoms with E-state index in [9.17, 15) is 4.79 Å². The van der Waals surface area contributed by atoms with E-state index in [0.717, 1.165) is 51.3 Å². The molecule has 1 fully saturated rings. The van der Waals surface area contributed by atoms with Crippen LogP contribution in [0.25, 0.3) is 0 Å². The largest absolute Gasteiger partial charge is 0.444 e. The van der Waals surface area contributed by atoms with Crippen LogP contribution in [0.15, 0.2) is 23.5 Å². The predicted octanol–water partition coefficient (Wildman–Crippen LogP) is 2.85. The number of nitrogens with one attached hydrogen (secondary N) is 2. The van der Waals surface area contributed by atoms with Crippen LogP contribution in [-0.4, -0.2) is 65.1 Å². The lowest BCUT2D eigenvalue weighted by atomic mass is 10.0. The number of likely N-dealkylation sites (tertiary alicyclic amines) is 1. The summed E-state index contributed by atoms with van der Waals surface area (Å²) in [5.74, 6) is 0.755. The Morgan fingerprint density at radius 1 is 1.32 bits per heavy atom. The summed E-state index contributed by atoms with van der Waals surface area (Å²) in [6.07, 6.45) is 7.60. The maximum Gasteiger partial charge on any atom is 0.410 e. The van der Waals surface area contributed by atoms with Crippen LogP contribution in [0.1, 0.15) is 46.5 Å². The highest BCUT2D eigenvalue weighted by atomic mass is 127. The van der Waals surface area contributed by atoms with Crippen molar-refractivity contribution in [2.24, 2.45) is 4.99 Å². The molecule has 1 amide bonds. The molecule has 0 aromatic carbocycles. The number of aliphatic imine (C=N–C) groups is 1. The smallest absolute Gasteiger partial charge is 0.410 e. The van der Waals surface area contributed by atoms with Crippen LogP contribution in [0.5, 0.6) is 0 Å². The topological polar surface area (TPSA) is 83.8 Å². The fourth-order valence-corrected chi connectivity index (χ4v) is 3.09. The number of aryl methyl sites for hydroxylation is 1. The average Bonchev–Trinajstić information content (AvgIpc) is 3.13. The Morgan fingerprint density at radius 3 is 2.75 bits per heavy atom. The third-order valence-corrected chi connectivity index (χ3v) is 4.40. The van der Waals surface area contributed by atoms with E-state index in [1.807, 2.05) is 42.6 Å². The first-order chi connectivity index (χ1) is 12.9. The zero-order chi connectivity index (χ0) is 19.7. The molecule has 0 aliphatic carbocycles. The van der Waals surface area contributed by atoms with Gasteiger partial charge < -0.3 is 20.3 Å². The third-order valence-electron chi connectivity index (χ3n) is 4.40. The molecule has 0 spiro atoms. The van der Waals surface area contributed by atoms with Gasteiger partial charge in [-0.1, -0.05) is 0 Å². The normalized spacial score (nSPS) is 17.6. The molecular weight excluding hydrogens is 471 g/mol. The van der Waals surface area contributed by atoms with E-state index in [0.29, 0.717) is 6.54 Å². The molecule has 0 radical (unpaired) electrons. The molecule has 9 heteroatoms. The maximum atomic E-state index is 12.5. The van der Waals surface area contributed by atoms with Crippen LogP contribution >= 0.6 is 24.0 Å². The molecule has 1 unspecified atom stereocenters. The standard InChI is InChI=1S/C19H34N6O2.HI/c1-19(2,3)27-18(26)25-14-6-5-9-16(25)15-22-17(20-4)21-10-7-12-24-13-8-11-23-24;/h8,11,13,16H,5-7,9-10,12,14-15H2,1-4H3,(H2,20,21,22);1H. The number of amides is 1. The first kappa shape index (κ1) is 24.5. The fourth-order valence-electron chi connectivity index (χ4n) is 3.09. The summed E-state index contributed by atoms with van der Waals surface area (Å²) in [7, 11) is 1.76. The third kappa shape index (κ3) is 8.66. The van der Waals surface area contributed by atoms with Crippen molar-refractivity contribution in [2.45, 2.75) is 64.6 Å². The Bertz CT molecular complexity index is 600. The minimum absolute atomic E-state index is 0. The molecule has 1 aromatic rings. The Labute approximate surface area is 185 Å². The molecular formula is C19H35IN6O2. The molecule has 2 heterocycles. The van der Waals surface area contributed by atoms with Crippen LogP contribution in [0.2, 0.25) is 0 Å². The molecule has 0 saturated carbocycles. The van der Waals surface area contributed by atoms with Gasteiger partial charge in [0.25, 0.3) is 0 Å². The van der Waals surface area contributed by atoms with Gasteiger partial charge in [-0.2, -0.15) is 5.10 Å². The Hall–Kier alpha value is -1.52. The maximum absolute atomic E-state index is 12.5. The van der Waals surface area contributed by atoms with E-state index in [-0.39, 0.29) is 36.1 Å². The van der Waals surface area contributed by atoms with Crippen molar-refractivity contribution in [3.8, 4) is 0 Å². The second-order valence-electron chi connectivity index (χ2n) is 7.83. The first-order valence-corrected chi connectivity index (χ1v) is 9.80. The predicted molar refractivity (Wildman–Crippen MR) is 122 cm³/mol. The van der Waals surface area contributed by atoms with Gasteiger partial charge in [0.05, 0.1) is 6.04 Å². The summed E-state index contributed by atoms with van der Waals surface area (Å²) in [4.78, 5) is 18.6. The molecule has 28 heavy (non-hydrogen) atoms. The Morgan fingerprint density at radius 2 is 2.11 bits per heavy atom. The number of ether oxygens (including phenoxy) is 1. The highest BCUT2D eigenvalue weighted by Crippen LogP contribution is 2.20. The van der Waals surface area contributed by atoms with E-state index in [1.165, 1.54) is 0 Å². The van der Waals surface area contributed by atoms with Gasteiger partial charge >= 0.3 is 6.09 Å². The van der Waals surface area contributed by atoms with E-state index >= 15 is 0 Å². The molecule has 1 aromatic heterocycles. The summed E-state index contributed by atoms with van der Waals surface area (Å²) in [5.41, 5.74) is -0.474. The number of rotatable bonds is 6. The zero-order valence-corrected chi connectivity index (χ0v) is 19.8. The number of guanidine groups is 1. The van der Waals surface area contributed by atoms with Crippen molar-refractivity contribution in [1.82, 2.24) is 25.3 Å². The first-order valence-electron chi connectivity index (χ1n) is 9.80. The molecule has 2 N–H and O–H groups in total. The molecule has 1 saturated heterocycles. The number of hydrogen-bond acceptors (Lipinski definition) is 4. The number of carbonyl (C=O) groups excluding carboxylic acids is 1. The van der Waals surface area contributed by atoms with E-state index in [1.54, 1.807) is 13.2 Å². The lowest BCUT2D eigenvalue weighted by Crippen LogP contribution is -2.52. The molecule has 2 rings (SSSR count). The second-order valence-corrected chi connectivity index (χ2v) is 7.83. The molecule has 8 nitrogen and oxygen atoms in total. The lowest BCUT2D eigenvalue weighted by molar-refractivity contribution is 0.0104. The number of hydrogen-bond donors (Lipinski definition) is 2. The fraction of sp³-hybridized carbons (Fsp3) is 0.737. The van der Waals surface area contributed by atoms with Crippen molar-refractivity contribution in [1.29, 1.82) is 0 Å². The van der Waals surface area contributed by atoms with Crippen molar-refractivity contribution >= 4 is 36.0 Å². The summed E-state index contributed by atoms with van der Waals surface area (Å²) >= 11 is 0. The molecule has 160 valence electrons. The van der Waals surface area contributed by atoms with Gasteiger partial charge in [-0.3, -0.25) is 9.67 Å². The minimum atomic E-state index is -0.474. The summed E-state index contributed by atoms with van der Waals surface area (Å²) in [5, 5.41) is 10.9. The van der Waals surface area contributed by atoms with E-state index in [4.69, 9.17) is 4.74 Å². The van der Waals surface area contributed by atoms with Gasteiger partial charge in [0, 0.05) is 45.6 Å². The summed E-state index contributed by atoms with van der Waals surface area (Å²) in [6.45, 7) is 8.78. The molecule has 1 aliphatic heterocycles. The van der Waals surface area contributed by atoms with Crippen LogP contribution in [0, 0.1) is 0 Å². The van der Waals surface area contributed by atoms with Gasteiger partial charge in [-0.15, -0.1) is 24.0 Å². The highest BCUT2D eigenvalue weighted by Gasteiger charge is 2.30. The Balaban J connectivity index is 0.00000392. The van der Waals surface area contributed by atoms with Crippen molar-refractivity contribution < 1.29 is 9.53 Å². The monoisotopic (exact) mass is 506 g/mol. The Kier molecular flexibility index (Phi) is 10.6. The van der Waals surface area contributed by atoms with Crippen LogP contribution in [0.4, 0.5) is 4.79 Å². The number of aromatic nitrogens is 2. The zero-order valence-electron chi connectivity index (χ0n) is 17.5. The van der Waals surface area contributed by atoms with Gasteiger partial charge in [0.15, 0.2) is 5.96 Å². The van der Waals surface area contributed by atoms with Gasteiger partial charge in [0.2, 0.25) is 0 Å². The highest BCUT2D eigenvalue weighted by molar-refractivity contribution is 14.0. The number of carbonyl (C=O) groups is 1. The quantitative estimate of drug-likeness (QED) is 0.268. The number of halogens is 1. The number of nitrogens with zero attached hydrogens (tertiary/aromatic N) is 4. The van der Waals surface area contributed by atoms with E-state index < -0.39 is 5.60 Å². The van der Waals surface area contributed by atoms with E-state index in [2.05, 4.69) is 20.7 Å². The van der Waals surface area contributed by atoms with Crippen LogP contribution in [-0.2, 0) is 11.3 Å². The number of piperidine rings is 1. The average molecular weight is 506 g/mol. The molecule has 0 bridgehead atoms. The minimum Gasteiger partial charge on any atom is -0.444 e. The van der Waals surface area contributed by atoms with Crippen molar-refractivity contribution in [3.05, 3.63) is 18.5 Å². The van der Waals surface area contributed by atoms with Crippen LogP contribution < -0.4 is 10.6 Å². The lowest BCUT2D eigenvalue weighted by Gasteiger charge is -2.37. The van der Waals surface area contributed by atoms with Gasteiger partial charge in [-0.05, 0) is 52.5 Å². The van der Waals surface area contributed by atoms with Crippen LogP contribution in [0.3, 0.4) is 0 Å². The van der Waals surface area contributed by atoms with Crippen molar-refractivity contribution in [3.63, 3.8) is 0 Å². The van der Waals surface area contributed by atoms with Gasteiger partial charge in [0.1, 0.15) is 5.60 Å².